The van der Waals surface area contributed by atoms with Crippen LogP contribution in [0.5, 0.6) is 5.75 Å². The largest absolute Gasteiger partial charge is 0.480 e. The predicted octanol–water partition coefficient (Wildman–Crippen LogP) is -0.0113. The van der Waals surface area contributed by atoms with Crippen LogP contribution in [0, 0.1) is 0 Å². The van der Waals surface area contributed by atoms with Crippen molar-refractivity contribution in [1.82, 2.24) is 0 Å². The second-order valence-electron chi connectivity index (χ2n) is 3.35. The quantitative estimate of drug-likeness (QED) is 0.674. The maximum Gasteiger partial charge on any atom is 0.320 e. The van der Waals surface area contributed by atoms with E-state index in [1.54, 1.807) is 6.07 Å². The SMILES string of the molecule is N[C@@H](Cc1ccc(C=O)c(OC=O)c1)C(=O)O. The molecule has 0 bridgehead atoms. The fourth-order valence-electron chi connectivity index (χ4n) is 1.30. The van der Waals surface area contributed by atoms with Gasteiger partial charge in [-0.05, 0) is 24.1 Å². The lowest BCUT2D eigenvalue weighted by molar-refractivity contribution is -0.138. The number of carboxylic acids is 1. The number of ether oxygens (including phenoxy) is 1. The second kappa shape index (κ2) is 5.76. The van der Waals surface area contributed by atoms with Gasteiger partial charge in [0.25, 0.3) is 6.47 Å². The first kappa shape index (κ1) is 12.9. The Kier molecular flexibility index (Phi) is 4.36. The third kappa shape index (κ3) is 3.39. The minimum Gasteiger partial charge on any atom is -0.480 e. The molecule has 0 amide bonds. The van der Waals surface area contributed by atoms with Crippen molar-refractivity contribution in [2.45, 2.75) is 12.5 Å². The molecule has 1 atom stereocenters. The van der Waals surface area contributed by atoms with Crippen molar-refractivity contribution < 1.29 is 24.2 Å². The number of nitrogens with two attached hydrogens (primary N) is 1. The molecule has 0 unspecified atom stereocenters. The van der Waals surface area contributed by atoms with Crippen molar-refractivity contribution in [3.05, 3.63) is 29.3 Å². The first-order valence-corrected chi connectivity index (χ1v) is 4.75. The van der Waals surface area contributed by atoms with Gasteiger partial charge < -0.3 is 15.6 Å². The summed E-state index contributed by atoms with van der Waals surface area (Å²) in [6.07, 6.45) is 0.628. The van der Waals surface area contributed by atoms with Gasteiger partial charge in [0, 0.05) is 0 Å². The van der Waals surface area contributed by atoms with Crippen LogP contribution in [0.4, 0.5) is 0 Å². The van der Waals surface area contributed by atoms with E-state index in [-0.39, 0.29) is 24.2 Å². The maximum atomic E-state index is 10.6. The molecule has 0 saturated carbocycles. The topological polar surface area (TPSA) is 107 Å². The molecule has 6 nitrogen and oxygen atoms in total. The highest BCUT2D eigenvalue weighted by Crippen LogP contribution is 2.19. The molecule has 1 aromatic carbocycles. The Labute approximate surface area is 97.0 Å². The van der Waals surface area contributed by atoms with E-state index in [1.165, 1.54) is 12.1 Å². The molecule has 0 heterocycles. The number of aliphatic carboxylic acids is 1. The molecule has 1 aromatic rings. The Morgan fingerprint density at radius 2 is 2.18 bits per heavy atom. The van der Waals surface area contributed by atoms with Gasteiger partial charge in [-0.1, -0.05) is 6.07 Å². The van der Waals surface area contributed by atoms with Gasteiger partial charge >= 0.3 is 5.97 Å². The van der Waals surface area contributed by atoms with Crippen LogP contribution in [-0.4, -0.2) is 29.9 Å². The zero-order valence-electron chi connectivity index (χ0n) is 8.83. The summed E-state index contributed by atoms with van der Waals surface area (Å²) < 4.78 is 4.61. The number of rotatable bonds is 6. The van der Waals surface area contributed by atoms with Gasteiger partial charge in [-0.15, -0.1) is 0 Å². The fraction of sp³-hybridized carbons (Fsp3) is 0.182. The minimum absolute atomic E-state index is 0.0870. The number of carbonyl (C=O) groups is 3. The van der Waals surface area contributed by atoms with Crippen molar-refractivity contribution >= 4 is 18.7 Å². The van der Waals surface area contributed by atoms with E-state index in [2.05, 4.69) is 4.74 Å². The smallest absolute Gasteiger partial charge is 0.320 e. The molecule has 0 aliphatic heterocycles. The molecule has 0 aliphatic rings. The molecule has 0 radical (unpaired) electrons. The van der Waals surface area contributed by atoms with E-state index in [0.29, 0.717) is 11.8 Å². The molecule has 0 aromatic heterocycles. The molecule has 90 valence electrons. The highest BCUT2D eigenvalue weighted by molar-refractivity contribution is 5.80. The standard InChI is InChI=1S/C11H11NO5/c12-9(11(15)16)3-7-1-2-8(5-13)10(4-7)17-6-14/h1-2,4-6,9H,3,12H2,(H,15,16)/t9-/m0/s1. The van der Waals surface area contributed by atoms with E-state index in [4.69, 9.17) is 10.8 Å². The molecular formula is C11H11NO5. The Morgan fingerprint density at radius 1 is 1.47 bits per heavy atom. The summed E-state index contributed by atoms with van der Waals surface area (Å²) in [5.41, 5.74) is 6.15. The number of carbonyl (C=O) groups excluding carboxylic acids is 2. The summed E-state index contributed by atoms with van der Waals surface area (Å²) in [5, 5.41) is 8.65. The average molecular weight is 237 g/mol. The number of benzene rings is 1. The van der Waals surface area contributed by atoms with E-state index < -0.39 is 12.0 Å². The van der Waals surface area contributed by atoms with Crippen LogP contribution >= 0.6 is 0 Å². The number of hydrogen-bond donors (Lipinski definition) is 2. The lowest BCUT2D eigenvalue weighted by atomic mass is 10.0. The monoisotopic (exact) mass is 237 g/mol. The summed E-state index contributed by atoms with van der Waals surface area (Å²) >= 11 is 0. The zero-order chi connectivity index (χ0) is 12.8. The van der Waals surface area contributed by atoms with Gasteiger partial charge in [0.15, 0.2) is 6.29 Å². The Bertz CT molecular complexity index is 443. The third-order valence-electron chi connectivity index (χ3n) is 2.15. The van der Waals surface area contributed by atoms with E-state index >= 15 is 0 Å². The van der Waals surface area contributed by atoms with Gasteiger partial charge in [-0.3, -0.25) is 14.4 Å². The van der Waals surface area contributed by atoms with Crippen LogP contribution in [0.15, 0.2) is 18.2 Å². The summed E-state index contributed by atoms with van der Waals surface area (Å²) in [6.45, 7) is 0.198. The molecule has 0 aliphatic carbocycles. The minimum atomic E-state index is -1.12. The number of carboxylic acid groups (broad SMARTS) is 1. The molecule has 3 N–H and O–H groups in total. The van der Waals surface area contributed by atoms with Crippen molar-refractivity contribution in [1.29, 1.82) is 0 Å². The molecule has 17 heavy (non-hydrogen) atoms. The van der Waals surface area contributed by atoms with Crippen molar-refractivity contribution in [2.24, 2.45) is 5.73 Å². The lowest BCUT2D eigenvalue weighted by Crippen LogP contribution is -2.32. The molecule has 0 fully saturated rings. The lowest BCUT2D eigenvalue weighted by Gasteiger charge is -2.08. The van der Waals surface area contributed by atoms with Crippen molar-refractivity contribution in [2.75, 3.05) is 0 Å². The highest BCUT2D eigenvalue weighted by atomic mass is 16.5. The molecular weight excluding hydrogens is 226 g/mol. The van der Waals surface area contributed by atoms with Gasteiger partial charge in [0.2, 0.25) is 0 Å². The van der Waals surface area contributed by atoms with Crippen molar-refractivity contribution in [3.8, 4) is 5.75 Å². The van der Waals surface area contributed by atoms with E-state index in [9.17, 15) is 14.4 Å². The fourth-order valence-corrected chi connectivity index (χ4v) is 1.30. The van der Waals surface area contributed by atoms with Crippen LogP contribution in [-0.2, 0) is 16.0 Å². The predicted molar refractivity (Wildman–Crippen MR) is 57.8 cm³/mol. The number of hydrogen-bond acceptors (Lipinski definition) is 5. The van der Waals surface area contributed by atoms with E-state index in [0.717, 1.165) is 0 Å². The van der Waals surface area contributed by atoms with Crippen LogP contribution in [0.3, 0.4) is 0 Å². The summed E-state index contributed by atoms with van der Waals surface area (Å²) in [4.78, 5) is 31.4. The number of aldehydes is 1. The van der Waals surface area contributed by atoms with Gasteiger partial charge in [-0.2, -0.15) is 0 Å². The van der Waals surface area contributed by atoms with Crippen LogP contribution in [0.1, 0.15) is 15.9 Å². The first-order valence-electron chi connectivity index (χ1n) is 4.75. The van der Waals surface area contributed by atoms with Crippen LogP contribution in [0.2, 0.25) is 0 Å². The van der Waals surface area contributed by atoms with Crippen LogP contribution < -0.4 is 10.5 Å². The Balaban J connectivity index is 2.95. The molecule has 0 saturated heterocycles. The summed E-state index contributed by atoms with van der Waals surface area (Å²) in [7, 11) is 0. The van der Waals surface area contributed by atoms with Crippen molar-refractivity contribution in [3.63, 3.8) is 0 Å². The van der Waals surface area contributed by atoms with Crippen LogP contribution in [0.25, 0.3) is 0 Å². The molecule has 1 rings (SSSR count). The third-order valence-corrected chi connectivity index (χ3v) is 2.15. The molecule has 0 spiro atoms. The van der Waals surface area contributed by atoms with Gasteiger partial charge in [-0.25, -0.2) is 0 Å². The second-order valence-corrected chi connectivity index (χ2v) is 3.35. The normalized spacial score (nSPS) is 11.6. The average Bonchev–Trinajstić information content (AvgIpc) is 2.29. The van der Waals surface area contributed by atoms with E-state index in [1.807, 2.05) is 0 Å². The summed E-state index contributed by atoms with van der Waals surface area (Å²) in [6, 6.07) is 3.38. The summed E-state index contributed by atoms with van der Waals surface area (Å²) in [5.74, 6) is -1.03. The van der Waals surface area contributed by atoms with Gasteiger partial charge in [0.1, 0.15) is 11.8 Å². The Morgan fingerprint density at radius 3 is 2.71 bits per heavy atom. The highest BCUT2D eigenvalue weighted by Gasteiger charge is 2.13. The zero-order valence-corrected chi connectivity index (χ0v) is 8.83. The Hall–Kier alpha value is -2.21. The maximum absolute atomic E-state index is 10.6. The molecule has 6 heteroatoms. The first-order chi connectivity index (χ1) is 8.08. The van der Waals surface area contributed by atoms with Gasteiger partial charge in [0.05, 0.1) is 5.56 Å².